The number of phenolic OH excluding ortho intramolecular Hbond substituents is 1. The Morgan fingerprint density at radius 2 is 2.03 bits per heavy atom. The van der Waals surface area contributed by atoms with Gasteiger partial charge in [0.05, 0.1) is 7.11 Å². The van der Waals surface area contributed by atoms with E-state index in [1.807, 2.05) is 41.7 Å². The Labute approximate surface area is 192 Å². The number of ketones is 1. The van der Waals surface area contributed by atoms with Gasteiger partial charge in [-0.2, -0.15) is 0 Å². The molecule has 0 atom stereocenters. The molecule has 2 aromatic carbocycles. The lowest BCUT2D eigenvalue weighted by molar-refractivity contribution is 0.104. The Morgan fingerprint density at radius 1 is 1.22 bits per heavy atom. The van der Waals surface area contributed by atoms with Crippen molar-refractivity contribution in [2.24, 2.45) is 5.92 Å². The molecular formula is C27H27NO3S. The third kappa shape index (κ3) is 4.50. The zero-order valence-corrected chi connectivity index (χ0v) is 19.0. The van der Waals surface area contributed by atoms with E-state index >= 15 is 0 Å². The van der Waals surface area contributed by atoms with Gasteiger partial charge in [-0.15, -0.1) is 11.3 Å². The molecule has 32 heavy (non-hydrogen) atoms. The van der Waals surface area contributed by atoms with E-state index in [9.17, 15) is 9.90 Å². The summed E-state index contributed by atoms with van der Waals surface area (Å²) in [6, 6.07) is 15.2. The fourth-order valence-corrected chi connectivity index (χ4v) is 5.42. The van der Waals surface area contributed by atoms with Gasteiger partial charge in [-0.05, 0) is 66.7 Å². The molecule has 1 saturated carbocycles. The van der Waals surface area contributed by atoms with E-state index in [0.29, 0.717) is 16.9 Å². The van der Waals surface area contributed by atoms with Crippen molar-refractivity contribution in [1.82, 2.24) is 4.90 Å². The summed E-state index contributed by atoms with van der Waals surface area (Å²) in [4.78, 5) is 17.7. The fraction of sp³-hybridized carbons (Fsp3) is 0.296. The van der Waals surface area contributed by atoms with Crippen molar-refractivity contribution in [2.75, 3.05) is 20.2 Å². The van der Waals surface area contributed by atoms with Crippen molar-refractivity contribution in [2.45, 2.75) is 25.8 Å². The van der Waals surface area contributed by atoms with Crippen LogP contribution in [0.4, 0.5) is 0 Å². The maximum atomic E-state index is 12.5. The molecule has 0 radical (unpaired) electrons. The Balaban J connectivity index is 1.42. The van der Waals surface area contributed by atoms with Crippen LogP contribution in [0.25, 0.3) is 16.5 Å². The lowest BCUT2D eigenvalue weighted by atomic mass is 10.0. The average Bonchev–Trinajstić information content (AvgIpc) is 3.53. The standard InChI is InChI=1S/C27H27NO3S/c1-31-24-14-21(13-20(27(24)30)9-10-23(29)19-5-3-2-4-6-19)26-15-22-17-28(16-18-7-8-18)12-11-25(22)32-26/h2-6,9-10,13-15,18,30H,7-8,11-12,16-17H2,1H3/b10-9+. The van der Waals surface area contributed by atoms with E-state index in [2.05, 4.69) is 11.0 Å². The zero-order chi connectivity index (χ0) is 22.1. The number of aromatic hydroxyl groups is 1. The van der Waals surface area contributed by atoms with Crippen LogP contribution < -0.4 is 4.74 Å². The number of ether oxygens (including phenoxy) is 1. The largest absolute Gasteiger partial charge is 0.504 e. The molecule has 1 aromatic heterocycles. The summed E-state index contributed by atoms with van der Waals surface area (Å²) >= 11 is 1.83. The third-order valence-electron chi connectivity index (χ3n) is 6.24. The number of nitrogens with zero attached hydrogens (tertiary/aromatic N) is 1. The van der Waals surface area contributed by atoms with Crippen LogP contribution in [-0.4, -0.2) is 36.0 Å². The second kappa shape index (κ2) is 8.93. The lowest BCUT2D eigenvalue weighted by Crippen LogP contribution is -2.31. The van der Waals surface area contributed by atoms with Crippen molar-refractivity contribution in [1.29, 1.82) is 0 Å². The molecule has 3 aromatic rings. The minimum Gasteiger partial charge on any atom is -0.504 e. The number of hydrogen-bond acceptors (Lipinski definition) is 5. The number of thiophene rings is 1. The van der Waals surface area contributed by atoms with Crippen molar-refractivity contribution in [3.05, 3.63) is 76.2 Å². The van der Waals surface area contributed by atoms with Crippen LogP contribution in [0, 0.1) is 5.92 Å². The topological polar surface area (TPSA) is 49.8 Å². The second-order valence-electron chi connectivity index (χ2n) is 8.67. The van der Waals surface area contributed by atoms with E-state index in [0.717, 1.165) is 31.0 Å². The maximum Gasteiger partial charge on any atom is 0.185 e. The van der Waals surface area contributed by atoms with Gasteiger partial charge in [-0.1, -0.05) is 30.3 Å². The highest BCUT2D eigenvalue weighted by Crippen LogP contribution is 2.41. The van der Waals surface area contributed by atoms with Gasteiger partial charge in [0, 0.05) is 40.5 Å². The van der Waals surface area contributed by atoms with Crippen molar-refractivity contribution in [3.63, 3.8) is 0 Å². The van der Waals surface area contributed by atoms with E-state index in [1.165, 1.54) is 40.8 Å². The van der Waals surface area contributed by atoms with E-state index in [4.69, 9.17) is 4.74 Å². The van der Waals surface area contributed by atoms with Crippen molar-refractivity contribution >= 4 is 23.2 Å². The average molecular weight is 446 g/mol. The first-order valence-electron chi connectivity index (χ1n) is 11.1. The minimum atomic E-state index is -0.100. The first-order valence-corrected chi connectivity index (χ1v) is 11.9. The predicted molar refractivity (Wildman–Crippen MR) is 129 cm³/mol. The highest BCUT2D eigenvalue weighted by molar-refractivity contribution is 7.15. The van der Waals surface area contributed by atoms with Crippen LogP contribution in [-0.2, 0) is 13.0 Å². The van der Waals surface area contributed by atoms with Gasteiger partial charge < -0.3 is 9.84 Å². The van der Waals surface area contributed by atoms with E-state index in [1.54, 1.807) is 25.3 Å². The Kier molecular flexibility index (Phi) is 5.85. The van der Waals surface area contributed by atoms with Gasteiger partial charge in [-0.3, -0.25) is 9.69 Å². The Hall–Kier alpha value is -2.89. The summed E-state index contributed by atoms with van der Waals surface area (Å²) in [5.74, 6) is 1.27. The first kappa shape index (κ1) is 21.0. The molecular weight excluding hydrogens is 418 g/mol. The summed E-state index contributed by atoms with van der Waals surface area (Å²) in [7, 11) is 1.55. The number of benzene rings is 2. The number of hydrogen-bond donors (Lipinski definition) is 1. The SMILES string of the molecule is COc1cc(-c2cc3c(s2)CCN(CC2CC2)C3)cc(/C=C/C(=O)c2ccccc2)c1O. The van der Waals surface area contributed by atoms with Crippen LogP contribution in [0.2, 0.25) is 0 Å². The van der Waals surface area contributed by atoms with E-state index < -0.39 is 0 Å². The Bertz CT molecular complexity index is 1160. The Morgan fingerprint density at radius 3 is 2.78 bits per heavy atom. The molecule has 1 N–H and O–H groups in total. The van der Waals surface area contributed by atoms with Crippen molar-refractivity contribution < 1.29 is 14.6 Å². The van der Waals surface area contributed by atoms with E-state index in [-0.39, 0.29) is 11.5 Å². The highest BCUT2D eigenvalue weighted by atomic mass is 32.1. The molecule has 0 amide bonds. The van der Waals surface area contributed by atoms with Crippen LogP contribution in [0.3, 0.4) is 0 Å². The molecule has 0 saturated heterocycles. The molecule has 2 heterocycles. The van der Waals surface area contributed by atoms with Crippen LogP contribution in [0.1, 0.15) is 39.2 Å². The maximum absolute atomic E-state index is 12.5. The fourth-order valence-electron chi connectivity index (χ4n) is 4.27. The van der Waals surface area contributed by atoms with Gasteiger partial charge in [0.25, 0.3) is 0 Å². The second-order valence-corrected chi connectivity index (χ2v) is 9.80. The normalized spacial score (nSPS) is 16.3. The molecule has 2 aliphatic rings. The summed E-state index contributed by atoms with van der Waals surface area (Å²) in [5.41, 5.74) is 3.61. The summed E-state index contributed by atoms with van der Waals surface area (Å²) in [5, 5.41) is 10.6. The van der Waals surface area contributed by atoms with Gasteiger partial charge in [0.2, 0.25) is 0 Å². The summed E-state index contributed by atoms with van der Waals surface area (Å²) in [6.07, 6.45) is 7.04. The molecule has 1 fully saturated rings. The molecule has 0 spiro atoms. The van der Waals surface area contributed by atoms with Crippen molar-refractivity contribution in [3.8, 4) is 21.9 Å². The number of fused-ring (bicyclic) bond motifs is 1. The van der Waals surface area contributed by atoms with Crippen LogP contribution >= 0.6 is 11.3 Å². The molecule has 0 bridgehead atoms. The number of carbonyl (C=O) groups is 1. The molecule has 0 unspecified atom stereocenters. The first-order chi connectivity index (χ1) is 15.6. The van der Waals surface area contributed by atoms with Crippen LogP contribution in [0.15, 0.2) is 54.6 Å². The summed E-state index contributed by atoms with van der Waals surface area (Å²) < 4.78 is 5.44. The minimum absolute atomic E-state index is 0.0466. The lowest BCUT2D eigenvalue weighted by Gasteiger charge is -2.26. The zero-order valence-electron chi connectivity index (χ0n) is 18.2. The predicted octanol–water partition coefficient (Wildman–Crippen LogP) is 5.79. The van der Waals surface area contributed by atoms with Gasteiger partial charge in [0.1, 0.15) is 0 Å². The molecule has 5 rings (SSSR count). The summed E-state index contributed by atoms with van der Waals surface area (Å²) in [6.45, 7) is 3.38. The number of rotatable bonds is 7. The molecule has 4 nitrogen and oxygen atoms in total. The smallest absolute Gasteiger partial charge is 0.185 e. The number of allylic oxidation sites excluding steroid dienone is 1. The molecule has 5 heteroatoms. The third-order valence-corrected chi connectivity index (χ3v) is 7.53. The van der Waals surface area contributed by atoms with Gasteiger partial charge >= 0.3 is 0 Å². The molecule has 1 aliphatic carbocycles. The molecule has 164 valence electrons. The number of phenols is 1. The monoisotopic (exact) mass is 445 g/mol. The van der Waals surface area contributed by atoms with Crippen LogP contribution in [0.5, 0.6) is 11.5 Å². The quantitative estimate of drug-likeness (QED) is 0.369. The number of carbonyl (C=O) groups excluding carboxylic acids is 1. The molecule has 1 aliphatic heterocycles. The number of methoxy groups -OCH3 is 1. The van der Waals surface area contributed by atoms with Gasteiger partial charge in [0.15, 0.2) is 17.3 Å². The highest BCUT2D eigenvalue weighted by Gasteiger charge is 2.27. The van der Waals surface area contributed by atoms with Gasteiger partial charge in [-0.25, -0.2) is 0 Å².